The lowest BCUT2D eigenvalue weighted by Gasteiger charge is -2.33. The largest absolute Gasteiger partial charge is 0.394 e. The molecule has 1 amide bonds. The number of amides is 1. The van der Waals surface area contributed by atoms with Gasteiger partial charge in [0.1, 0.15) is 0 Å². The van der Waals surface area contributed by atoms with Gasteiger partial charge in [-0.25, -0.2) is 0 Å². The first-order valence-corrected chi connectivity index (χ1v) is 7.04. The Hall–Kier alpha value is -0.770. The van der Waals surface area contributed by atoms with Gasteiger partial charge in [-0.1, -0.05) is 0 Å². The molecule has 1 heterocycles. The van der Waals surface area contributed by atoms with Crippen molar-refractivity contribution in [2.75, 3.05) is 19.8 Å². The molecule has 124 valence electrons. The molecule has 1 unspecified atom stereocenters. The lowest BCUT2D eigenvalue weighted by Crippen LogP contribution is -2.41. The van der Waals surface area contributed by atoms with Gasteiger partial charge < -0.3 is 34.8 Å². The molecule has 0 radical (unpaired) electrons. The molecule has 8 heteroatoms. The number of aliphatic hydroxyl groups is 3. The molecule has 5 atom stereocenters. The lowest BCUT2D eigenvalue weighted by atomic mass is 10.1. The summed E-state index contributed by atoms with van der Waals surface area (Å²) in [6.45, 7) is 3.04. The van der Waals surface area contributed by atoms with Crippen LogP contribution in [0.5, 0.6) is 0 Å². The molecule has 0 spiro atoms. The number of rotatable bonds is 8. The molecule has 0 aromatic heterocycles. The van der Waals surface area contributed by atoms with Crippen LogP contribution in [-0.2, 0) is 19.0 Å². The smallest absolute Gasteiger partial charge is 0.217 e. The average molecular weight is 307 g/mol. The number of carbonyl (C=O) groups is 1. The van der Waals surface area contributed by atoms with Crippen LogP contribution in [-0.4, -0.2) is 71.9 Å². The Kier molecular flexibility index (Phi) is 8.09. The van der Waals surface area contributed by atoms with E-state index in [-0.39, 0.29) is 31.8 Å². The van der Waals surface area contributed by atoms with Gasteiger partial charge in [0.25, 0.3) is 0 Å². The molecule has 1 saturated heterocycles. The number of nitrogens with one attached hydrogen (secondary N) is 1. The molecular weight excluding hydrogens is 282 g/mol. The van der Waals surface area contributed by atoms with Crippen molar-refractivity contribution in [2.45, 2.75) is 57.6 Å². The SMILES string of the molecule is CC(=O)NCC(O)OC[C@H](C)O[C@H]1C[C@@H](O)C[C@@H](CO)O1. The zero-order valence-corrected chi connectivity index (χ0v) is 12.4. The minimum atomic E-state index is -1.11. The Morgan fingerprint density at radius 1 is 1.48 bits per heavy atom. The van der Waals surface area contributed by atoms with Gasteiger partial charge in [-0.05, 0) is 6.92 Å². The van der Waals surface area contributed by atoms with Crippen LogP contribution in [0.2, 0.25) is 0 Å². The topological polar surface area (TPSA) is 117 Å². The van der Waals surface area contributed by atoms with Gasteiger partial charge in [0.15, 0.2) is 12.6 Å². The summed E-state index contributed by atoms with van der Waals surface area (Å²) in [6.07, 6.45) is -2.38. The zero-order valence-electron chi connectivity index (χ0n) is 12.4. The Morgan fingerprint density at radius 2 is 2.19 bits per heavy atom. The van der Waals surface area contributed by atoms with Crippen molar-refractivity contribution in [2.24, 2.45) is 0 Å². The summed E-state index contributed by atoms with van der Waals surface area (Å²) in [5.74, 6) is -0.249. The minimum absolute atomic E-state index is 0.00722. The van der Waals surface area contributed by atoms with E-state index in [1.165, 1.54) is 6.92 Å². The molecule has 0 aliphatic carbocycles. The molecule has 0 aromatic carbocycles. The Morgan fingerprint density at radius 3 is 2.81 bits per heavy atom. The van der Waals surface area contributed by atoms with E-state index < -0.39 is 24.8 Å². The predicted molar refractivity (Wildman–Crippen MR) is 72.2 cm³/mol. The highest BCUT2D eigenvalue weighted by molar-refractivity contribution is 5.72. The summed E-state index contributed by atoms with van der Waals surface area (Å²) in [4.78, 5) is 10.7. The highest BCUT2D eigenvalue weighted by atomic mass is 16.7. The van der Waals surface area contributed by atoms with E-state index in [2.05, 4.69) is 5.32 Å². The van der Waals surface area contributed by atoms with Crippen LogP contribution in [0.4, 0.5) is 0 Å². The van der Waals surface area contributed by atoms with Crippen LogP contribution < -0.4 is 5.32 Å². The summed E-state index contributed by atoms with van der Waals surface area (Å²) >= 11 is 0. The molecule has 0 aromatic rings. The average Bonchev–Trinajstić information content (AvgIpc) is 2.42. The number of aliphatic hydroxyl groups excluding tert-OH is 3. The molecule has 1 aliphatic heterocycles. The lowest BCUT2D eigenvalue weighted by molar-refractivity contribution is -0.247. The first-order valence-electron chi connectivity index (χ1n) is 7.04. The second-order valence-corrected chi connectivity index (χ2v) is 5.17. The summed E-state index contributed by atoms with van der Waals surface area (Å²) in [7, 11) is 0. The third kappa shape index (κ3) is 7.70. The van der Waals surface area contributed by atoms with Crippen LogP contribution in [0.25, 0.3) is 0 Å². The van der Waals surface area contributed by atoms with E-state index in [0.29, 0.717) is 12.8 Å². The molecule has 21 heavy (non-hydrogen) atoms. The summed E-state index contributed by atoms with van der Waals surface area (Å²) in [6, 6.07) is 0. The van der Waals surface area contributed by atoms with Crippen molar-refractivity contribution < 1.29 is 34.3 Å². The highest BCUT2D eigenvalue weighted by Gasteiger charge is 2.29. The monoisotopic (exact) mass is 307 g/mol. The van der Waals surface area contributed by atoms with Crippen molar-refractivity contribution in [3.05, 3.63) is 0 Å². The molecule has 1 fully saturated rings. The number of ether oxygens (including phenoxy) is 3. The normalized spacial score (nSPS) is 28.9. The zero-order chi connectivity index (χ0) is 15.8. The number of hydrogen-bond donors (Lipinski definition) is 4. The van der Waals surface area contributed by atoms with Crippen LogP contribution in [0.1, 0.15) is 26.7 Å². The van der Waals surface area contributed by atoms with Gasteiger partial charge in [-0.3, -0.25) is 4.79 Å². The first-order chi connectivity index (χ1) is 9.90. The summed E-state index contributed by atoms with van der Waals surface area (Å²) in [5, 5.41) is 30.6. The second-order valence-electron chi connectivity index (χ2n) is 5.17. The van der Waals surface area contributed by atoms with Crippen LogP contribution in [0.3, 0.4) is 0 Å². The van der Waals surface area contributed by atoms with Crippen molar-refractivity contribution in [3.8, 4) is 0 Å². The molecular formula is C13H25NO7. The Balaban J connectivity index is 2.23. The minimum Gasteiger partial charge on any atom is -0.394 e. The van der Waals surface area contributed by atoms with Crippen molar-refractivity contribution in [1.29, 1.82) is 0 Å². The molecule has 1 rings (SSSR count). The Labute approximate surface area is 124 Å². The van der Waals surface area contributed by atoms with E-state index in [0.717, 1.165) is 0 Å². The van der Waals surface area contributed by atoms with Gasteiger partial charge in [0.05, 0.1) is 38.1 Å². The van der Waals surface area contributed by atoms with Gasteiger partial charge >= 0.3 is 0 Å². The molecule has 4 N–H and O–H groups in total. The maximum Gasteiger partial charge on any atom is 0.217 e. The van der Waals surface area contributed by atoms with Gasteiger partial charge in [-0.15, -0.1) is 0 Å². The van der Waals surface area contributed by atoms with E-state index in [1.807, 2.05) is 0 Å². The number of hydrogen-bond acceptors (Lipinski definition) is 7. The maximum atomic E-state index is 10.7. The predicted octanol–water partition coefficient (Wildman–Crippen LogP) is -1.28. The third-order valence-corrected chi connectivity index (χ3v) is 2.98. The first kappa shape index (κ1) is 18.3. The van der Waals surface area contributed by atoms with Crippen molar-refractivity contribution in [1.82, 2.24) is 5.32 Å². The van der Waals surface area contributed by atoms with Gasteiger partial charge in [0, 0.05) is 19.8 Å². The fraction of sp³-hybridized carbons (Fsp3) is 0.923. The van der Waals surface area contributed by atoms with Gasteiger partial charge in [-0.2, -0.15) is 0 Å². The fourth-order valence-corrected chi connectivity index (χ4v) is 1.99. The molecule has 0 saturated carbocycles. The molecule has 0 bridgehead atoms. The Bertz CT molecular complexity index is 315. The second kappa shape index (κ2) is 9.29. The third-order valence-electron chi connectivity index (χ3n) is 2.98. The quantitative estimate of drug-likeness (QED) is 0.413. The van der Waals surface area contributed by atoms with Crippen LogP contribution in [0, 0.1) is 0 Å². The molecule has 8 nitrogen and oxygen atoms in total. The van der Waals surface area contributed by atoms with E-state index in [1.54, 1.807) is 6.92 Å². The van der Waals surface area contributed by atoms with Crippen LogP contribution in [0.15, 0.2) is 0 Å². The maximum absolute atomic E-state index is 10.7. The number of carbonyl (C=O) groups excluding carboxylic acids is 1. The fourth-order valence-electron chi connectivity index (χ4n) is 1.99. The highest BCUT2D eigenvalue weighted by Crippen LogP contribution is 2.21. The van der Waals surface area contributed by atoms with Gasteiger partial charge in [0.2, 0.25) is 5.91 Å². The summed E-state index contributed by atoms with van der Waals surface area (Å²) < 4.78 is 16.1. The standard InChI is InChI=1S/C13H25NO7/c1-8(7-19-12(18)5-14-9(2)16)20-13-4-10(17)3-11(6-15)21-13/h8,10-13,15,17-18H,3-7H2,1-2H3,(H,14,16)/t8-,10-,11-,12?,13+/m0/s1. The molecule has 1 aliphatic rings. The van der Waals surface area contributed by atoms with E-state index >= 15 is 0 Å². The summed E-state index contributed by atoms with van der Waals surface area (Å²) in [5.41, 5.74) is 0. The van der Waals surface area contributed by atoms with Crippen LogP contribution >= 0.6 is 0 Å². The van der Waals surface area contributed by atoms with Crippen molar-refractivity contribution in [3.63, 3.8) is 0 Å². The van der Waals surface area contributed by atoms with Crippen molar-refractivity contribution >= 4 is 5.91 Å². The van der Waals surface area contributed by atoms with E-state index in [4.69, 9.17) is 19.3 Å². The van der Waals surface area contributed by atoms with E-state index in [9.17, 15) is 15.0 Å².